The SMILES string of the molecule is Cc1cc(S(=O)(=O)N2CCCCC2CCC(=O)N2CCC(C(c3ccccc3)N3CCN(C)CC3)CC2)c(C)cc1Cl. The van der Waals surface area contributed by atoms with Gasteiger partial charge in [0.05, 0.1) is 4.90 Å². The Labute approximate surface area is 257 Å². The summed E-state index contributed by atoms with van der Waals surface area (Å²) < 4.78 is 29.2. The van der Waals surface area contributed by atoms with Crippen LogP contribution in [0.5, 0.6) is 0 Å². The molecule has 0 bridgehead atoms. The van der Waals surface area contributed by atoms with Crippen LogP contribution in [-0.2, 0) is 14.8 Å². The van der Waals surface area contributed by atoms with E-state index in [9.17, 15) is 13.2 Å². The van der Waals surface area contributed by atoms with Gasteiger partial charge in [-0.2, -0.15) is 4.31 Å². The maximum atomic E-state index is 13.8. The summed E-state index contributed by atoms with van der Waals surface area (Å²) in [4.78, 5) is 20.8. The highest BCUT2D eigenvalue weighted by Crippen LogP contribution is 2.37. The highest BCUT2D eigenvalue weighted by atomic mass is 35.5. The van der Waals surface area contributed by atoms with Crippen molar-refractivity contribution < 1.29 is 13.2 Å². The Kier molecular flexibility index (Phi) is 10.3. The Morgan fingerprint density at radius 2 is 1.60 bits per heavy atom. The first-order valence-electron chi connectivity index (χ1n) is 15.7. The van der Waals surface area contributed by atoms with Gasteiger partial charge in [-0.05, 0) is 87.7 Å². The number of halogens is 1. The number of piperidine rings is 2. The van der Waals surface area contributed by atoms with Crippen molar-refractivity contribution in [3.8, 4) is 0 Å². The molecule has 0 saturated carbocycles. The second-order valence-corrected chi connectivity index (χ2v) is 14.9. The van der Waals surface area contributed by atoms with Crippen LogP contribution in [0.1, 0.15) is 67.7 Å². The van der Waals surface area contributed by atoms with Crippen molar-refractivity contribution in [2.75, 3.05) is 52.9 Å². The average molecular weight is 615 g/mol. The first-order valence-corrected chi connectivity index (χ1v) is 17.5. The van der Waals surface area contributed by atoms with Crippen molar-refractivity contribution >= 4 is 27.5 Å². The first-order chi connectivity index (χ1) is 20.1. The lowest BCUT2D eigenvalue weighted by atomic mass is 9.84. The molecule has 230 valence electrons. The van der Waals surface area contributed by atoms with E-state index in [1.165, 1.54) is 5.56 Å². The summed E-state index contributed by atoms with van der Waals surface area (Å²) in [5.74, 6) is 0.677. The van der Waals surface area contributed by atoms with Gasteiger partial charge in [0.2, 0.25) is 15.9 Å². The number of aryl methyl sites for hydroxylation is 2. The lowest BCUT2D eigenvalue weighted by Crippen LogP contribution is -2.49. The summed E-state index contributed by atoms with van der Waals surface area (Å²) in [7, 11) is -1.47. The number of likely N-dealkylation sites (tertiary alicyclic amines) is 1. The summed E-state index contributed by atoms with van der Waals surface area (Å²) in [6.45, 7) is 10.0. The first kappa shape index (κ1) is 31.5. The lowest BCUT2D eigenvalue weighted by molar-refractivity contribution is -0.133. The van der Waals surface area contributed by atoms with E-state index in [1.807, 2.05) is 11.8 Å². The summed E-state index contributed by atoms with van der Waals surface area (Å²) in [5, 5.41) is 0.578. The normalized spacial score (nSPS) is 22.8. The van der Waals surface area contributed by atoms with Crippen LogP contribution in [0, 0.1) is 19.8 Å². The zero-order valence-corrected chi connectivity index (χ0v) is 27.0. The molecular weight excluding hydrogens is 568 g/mol. The molecule has 1 amide bonds. The molecule has 9 heteroatoms. The number of rotatable bonds is 8. The largest absolute Gasteiger partial charge is 0.343 e. The molecule has 2 aromatic carbocycles. The van der Waals surface area contributed by atoms with Gasteiger partial charge in [0.25, 0.3) is 0 Å². The number of hydrogen-bond acceptors (Lipinski definition) is 5. The van der Waals surface area contributed by atoms with E-state index < -0.39 is 10.0 Å². The highest BCUT2D eigenvalue weighted by Gasteiger charge is 2.37. The predicted octanol–water partition coefficient (Wildman–Crippen LogP) is 5.51. The lowest BCUT2D eigenvalue weighted by Gasteiger charge is -2.44. The van der Waals surface area contributed by atoms with Crippen LogP contribution < -0.4 is 0 Å². The monoisotopic (exact) mass is 614 g/mol. The third kappa shape index (κ3) is 7.05. The van der Waals surface area contributed by atoms with Gasteiger partial charge in [-0.3, -0.25) is 9.69 Å². The number of sulfonamides is 1. The minimum atomic E-state index is -3.67. The molecule has 42 heavy (non-hydrogen) atoms. The quantitative estimate of drug-likeness (QED) is 0.393. The number of hydrogen-bond donors (Lipinski definition) is 0. The van der Waals surface area contributed by atoms with Gasteiger partial charge in [-0.1, -0.05) is 48.4 Å². The zero-order valence-electron chi connectivity index (χ0n) is 25.5. The molecule has 0 radical (unpaired) electrons. The number of nitrogens with zero attached hydrogens (tertiary/aromatic N) is 4. The van der Waals surface area contributed by atoms with Gasteiger partial charge in [0.1, 0.15) is 0 Å². The molecule has 3 fully saturated rings. The van der Waals surface area contributed by atoms with Crippen LogP contribution in [0.15, 0.2) is 47.4 Å². The van der Waals surface area contributed by atoms with Gasteiger partial charge in [0.15, 0.2) is 0 Å². The summed E-state index contributed by atoms with van der Waals surface area (Å²) in [5.41, 5.74) is 2.81. The molecule has 0 spiro atoms. The Hall–Kier alpha value is -1.97. The third-order valence-electron chi connectivity index (χ3n) is 9.72. The Morgan fingerprint density at radius 1 is 0.905 bits per heavy atom. The molecule has 0 N–H and O–H groups in total. The average Bonchev–Trinajstić information content (AvgIpc) is 3.00. The maximum Gasteiger partial charge on any atom is 0.243 e. The molecule has 3 aliphatic rings. The van der Waals surface area contributed by atoms with Crippen LogP contribution in [0.4, 0.5) is 0 Å². The molecule has 3 aliphatic heterocycles. The molecule has 2 unspecified atom stereocenters. The van der Waals surface area contributed by atoms with Crippen molar-refractivity contribution in [3.63, 3.8) is 0 Å². The summed E-state index contributed by atoms with van der Waals surface area (Å²) in [6, 6.07) is 14.6. The van der Waals surface area contributed by atoms with E-state index in [0.29, 0.717) is 46.8 Å². The predicted molar refractivity (Wildman–Crippen MR) is 169 cm³/mol. The van der Waals surface area contributed by atoms with Crippen LogP contribution in [0.25, 0.3) is 0 Å². The molecule has 3 heterocycles. The fraction of sp³-hybridized carbons (Fsp3) is 0.606. The number of benzene rings is 2. The van der Waals surface area contributed by atoms with Gasteiger partial charge in [0, 0.05) is 69.3 Å². The second kappa shape index (κ2) is 13.8. The Morgan fingerprint density at radius 3 is 2.29 bits per heavy atom. The molecule has 3 saturated heterocycles. The van der Waals surface area contributed by atoms with Crippen molar-refractivity contribution in [3.05, 3.63) is 64.2 Å². The molecule has 7 nitrogen and oxygen atoms in total. The minimum absolute atomic E-state index is 0.152. The number of amides is 1. The molecule has 0 aliphatic carbocycles. The van der Waals surface area contributed by atoms with Crippen molar-refractivity contribution in [2.24, 2.45) is 5.92 Å². The fourth-order valence-electron chi connectivity index (χ4n) is 7.18. The second-order valence-electron chi connectivity index (χ2n) is 12.6. The Bertz CT molecular complexity index is 1320. The third-order valence-corrected chi connectivity index (χ3v) is 12.2. The van der Waals surface area contributed by atoms with E-state index >= 15 is 0 Å². The van der Waals surface area contributed by atoms with Crippen LogP contribution in [0.3, 0.4) is 0 Å². The van der Waals surface area contributed by atoms with E-state index in [0.717, 1.165) is 76.9 Å². The summed E-state index contributed by atoms with van der Waals surface area (Å²) >= 11 is 6.26. The standard InChI is InChI=1S/C33H47ClN4O3S/c1-25-24-31(26(2)23-30(25)34)42(40,41)38-16-8-7-11-29(38)12-13-32(39)36-17-14-28(15-18-36)33(27-9-5-4-6-10-27)37-21-19-35(3)20-22-37/h4-6,9-10,23-24,28-29,33H,7-8,11-22H2,1-3H3. The van der Waals surface area contributed by atoms with Crippen molar-refractivity contribution in [1.29, 1.82) is 0 Å². The van der Waals surface area contributed by atoms with E-state index in [-0.39, 0.29) is 11.9 Å². The van der Waals surface area contributed by atoms with Crippen molar-refractivity contribution in [2.45, 2.75) is 75.8 Å². The number of likely N-dealkylation sites (N-methyl/N-ethyl adjacent to an activating group) is 1. The van der Waals surface area contributed by atoms with E-state index in [4.69, 9.17) is 11.6 Å². The number of carbonyl (C=O) groups excluding carboxylic acids is 1. The smallest absolute Gasteiger partial charge is 0.243 e. The van der Waals surface area contributed by atoms with Gasteiger partial charge in [-0.15, -0.1) is 0 Å². The molecular formula is C33H47ClN4O3S. The zero-order chi connectivity index (χ0) is 29.9. The molecule has 5 rings (SSSR count). The topological polar surface area (TPSA) is 64.2 Å². The maximum absolute atomic E-state index is 13.8. The van der Waals surface area contributed by atoms with E-state index in [1.54, 1.807) is 23.4 Å². The van der Waals surface area contributed by atoms with Crippen molar-refractivity contribution in [1.82, 2.24) is 19.0 Å². The molecule has 2 atom stereocenters. The van der Waals surface area contributed by atoms with Crippen LogP contribution in [-0.4, -0.2) is 92.2 Å². The minimum Gasteiger partial charge on any atom is -0.343 e. The van der Waals surface area contributed by atoms with Gasteiger partial charge >= 0.3 is 0 Å². The van der Waals surface area contributed by atoms with Crippen LogP contribution >= 0.6 is 11.6 Å². The van der Waals surface area contributed by atoms with Gasteiger partial charge in [-0.25, -0.2) is 8.42 Å². The van der Waals surface area contributed by atoms with E-state index in [2.05, 4.69) is 47.2 Å². The summed E-state index contributed by atoms with van der Waals surface area (Å²) in [6.07, 6.45) is 5.58. The van der Waals surface area contributed by atoms with Crippen LogP contribution in [0.2, 0.25) is 5.02 Å². The number of carbonyl (C=O) groups is 1. The highest BCUT2D eigenvalue weighted by molar-refractivity contribution is 7.89. The van der Waals surface area contributed by atoms with Gasteiger partial charge < -0.3 is 9.80 Å². The molecule has 2 aromatic rings. The fourth-order valence-corrected chi connectivity index (χ4v) is 9.42. The molecule has 0 aromatic heterocycles. The number of piperazine rings is 1. The Balaban J connectivity index is 1.20.